The third kappa shape index (κ3) is 6.76. The molecule has 172 valence electrons. The molecular formula is C29H44O2. The highest BCUT2D eigenvalue weighted by Crippen LogP contribution is 2.39. The Kier molecular flexibility index (Phi) is 11.0. The zero-order valence-corrected chi connectivity index (χ0v) is 20.4. The standard InChI is InChI=1S/C29H44O2/c1-5-9-16-23-24(17-10-6-2)26(19-12-8-4)29(31)27(25(23)18-11-7-3)21-22-15-13-14-20-28(22)30/h13-15,20,30-31H,5-12,16-19,21H2,1-4H3. The summed E-state index contributed by atoms with van der Waals surface area (Å²) < 4.78 is 0. The minimum atomic E-state index is 0.323. The lowest BCUT2D eigenvalue weighted by Crippen LogP contribution is -2.11. The average Bonchev–Trinajstić information content (AvgIpc) is 2.77. The van der Waals surface area contributed by atoms with E-state index < -0.39 is 0 Å². The molecule has 2 heteroatoms. The number of para-hydroxylation sites is 1. The van der Waals surface area contributed by atoms with Gasteiger partial charge in [-0.05, 0) is 85.3 Å². The fourth-order valence-corrected chi connectivity index (χ4v) is 4.64. The summed E-state index contributed by atoms with van der Waals surface area (Å²) in [6, 6.07) is 7.58. The maximum Gasteiger partial charge on any atom is 0.122 e. The maximum absolute atomic E-state index is 11.6. The minimum absolute atomic E-state index is 0.323. The summed E-state index contributed by atoms with van der Waals surface area (Å²) in [5.74, 6) is 0.831. The van der Waals surface area contributed by atoms with Crippen molar-refractivity contribution in [2.45, 2.75) is 111 Å². The molecule has 0 aliphatic rings. The Bertz CT molecular complexity index is 807. The predicted molar refractivity (Wildman–Crippen MR) is 133 cm³/mol. The molecule has 0 aromatic heterocycles. The second-order valence-electron chi connectivity index (χ2n) is 8.96. The monoisotopic (exact) mass is 424 g/mol. The number of phenols is 2. The summed E-state index contributed by atoms with van der Waals surface area (Å²) in [5, 5.41) is 22.0. The van der Waals surface area contributed by atoms with Crippen molar-refractivity contribution in [3.63, 3.8) is 0 Å². The van der Waals surface area contributed by atoms with Crippen molar-refractivity contribution in [1.82, 2.24) is 0 Å². The van der Waals surface area contributed by atoms with Crippen LogP contribution >= 0.6 is 0 Å². The molecule has 0 radical (unpaired) electrons. The van der Waals surface area contributed by atoms with Crippen LogP contribution in [0.1, 0.15) is 112 Å². The van der Waals surface area contributed by atoms with E-state index in [-0.39, 0.29) is 0 Å². The Hall–Kier alpha value is -1.96. The number of benzene rings is 2. The van der Waals surface area contributed by atoms with Crippen molar-refractivity contribution in [3.8, 4) is 11.5 Å². The van der Waals surface area contributed by atoms with E-state index in [1.807, 2.05) is 18.2 Å². The molecule has 31 heavy (non-hydrogen) atoms. The quantitative estimate of drug-likeness (QED) is 0.322. The molecule has 0 fully saturated rings. The van der Waals surface area contributed by atoms with Gasteiger partial charge in [0.25, 0.3) is 0 Å². The molecule has 2 N–H and O–H groups in total. The van der Waals surface area contributed by atoms with Crippen LogP contribution in [-0.4, -0.2) is 10.2 Å². The minimum Gasteiger partial charge on any atom is -0.508 e. The molecule has 0 unspecified atom stereocenters. The second-order valence-corrected chi connectivity index (χ2v) is 8.96. The third-order valence-corrected chi connectivity index (χ3v) is 6.51. The van der Waals surface area contributed by atoms with E-state index in [4.69, 9.17) is 0 Å². The SMILES string of the molecule is CCCCc1c(O)c(Cc2ccccc2O)c(CCCC)c(CCCC)c1CCCC. The van der Waals surface area contributed by atoms with Crippen LogP contribution in [-0.2, 0) is 32.1 Å². The molecule has 0 aliphatic carbocycles. The van der Waals surface area contributed by atoms with Crippen LogP contribution < -0.4 is 0 Å². The molecule has 0 amide bonds. The highest BCUT2D eigenvalue weighted by atomic mass is 16.3. The summed E-state index contributed by atoms with van der Waals surface area (Å²) in [6.45, 7) is 8.97. The number of hydrogen-bond donors (Lipinski definition) is 2. The summed E-state index contributed by atoms with van der Waals surface area (Å²) >= 11 is 0. The van der Waals surface area contributed by atoms with Gasteiger partial charge in [0.15, 0.2) is 0 Å². The van der Waals surface area contributed by atoms with Gasteiger partial charge in [0, 0.05) is 12.0 Å². The predicted octanol–water partition coefficient (Wildman–Crippen LogP) is 8.06. The number of unbranched alkanes of at least 4 members (excludes halogenated alkanes) is 4. The Balaban J connectivity index is 2.72. The Morgan fingerprint density at radius 1 is 0.548 bits per heavy atom. The van der Waals surface area contributed by atoms with Crippen LogP contribution in [0.5, 0.6) is 11.5 Å². The topological polar surface area (TPSA) is 40.5 Å². The van der Waals surface area contributed by atoms with Crippen molar-refractivity contribution in [1.29, 1.82) is 0 Å². The van der Waals surface area contributed by atoms with E-state index >= 15 is 0 Å². The van der Waals surface area contributed by atoms with Crippen LogP contribution in [0.4, 0.5) is 0 Å². The largest absolute Gasteiger partial charge is 0.508 e. The molecule has 2 aromatic carbocycles. The third-order valence-electron chi connectivity index (χ3n) is 6.51. The molecule has 0 saturated heterocycles. The van der Waals surface area contributed by atoms with Gasteiger partial charge < -0.3 is 10.2 Å². The van der Waals surface area contributed by atoms with E-state index in [1.54, 1.807) is 6.07 Å². The average molecular weight is 425 g/mol. The maximum atomic E-state index is 11.6. The van der Waals surface area contributed by atoms with Gasteiger partial charge in [0.1, 0.15) is 11.5 Å². The highest BCUT2D eigenvalue weighted by molar-refractivity contribution is 5.58. The molecule has 0 saturated carbocycles. The first-order valence-electron chi connectivity index (χ1n) is 12.7. The Morgan fingerprint density at radius 2 is 0.968 bits per heavy atom. The smallest absolute Gasteiger partial charge is 0.122 e. The van der Waals surface area contributed by atoms with Crippen molar-refractivity contribution in [2.24, 2.45) is 0 Å². The molecule has 2 aromatic rings. The lowest BCUT2D eigenvalue weighted by atomic mass is 9.81. The zero-order chi connectivity index (χ0) is 22.6. The number of hydrogen-bond acceptors (Lipinski definition) is 2. The lowest BCUT2D eigenvalue weighted by Gasteiger charge is -2.25. The normalized spacial score (nSPS) is 11.2. The molecule has 2 nitrogen and oxygen atoms in total. The number of phenolic OH excluding ortho intramolecular Hbond substituents is 2. The summed E-state index contributed by atoms with van der Waals surface area (Å²) in [4.78, 5) is 0. The second kappa shape index (κ2) is 13.5. The van der Waals surface area contributed by atoms with Crippen molar-refractivity contribution in [3.05, 3.63) is 57.6 Å². The number of rotatable bonds is 14. The van der Waals surface area contributed by atoms with E-state index in [0.29, 0.717) is 17.9 Å². The van der Waals surface area contributed by atoms with Crippen LogP contribution in [0.3, 0.4) is 0 Å². The molecule has 0 heterocycles. The van der Waals surface area contributed by atoms with Crippen molar-refractivity contribution >= 4 is 0 Å². The van der Waals surface area contributed by atoms with Gasteiger partial charge in [-0.25, -0.2) is 0 Å². The molecule has 0 atom stereocenters. The van der Waals surface area contributed by atoms with Gasteiger partial charge >= 0.3 is 0 Å². The van der Waals surface area contributed by atoms with E-state index in [9.17, 15) is 10.2 Å². The first-order valence-corrected chi connectivity index (χ1v) is 12.7. The van der Waals surface area contributed by atoms with Crippen molar-refractivity contribution in [2.75, 3.05) is 0 Å². The van der Waals surface area contributed by atoms with Gasteiger partial charge in [-0.1, -0.05) is 71.6 Å². The number of aromatic hydroxyl groups is 2. The molecule has 0 spiro atoms. The van der Waals surface area contributed by atoms with Crippen LogP contribution in [0.2, 0.25) is 0 Å². The lowest BCUT2D eigenvalue weighted by molar-refractivity contribution is 0.454. The van der Waals surface area contributed by atoms with Gasteiger partial charge in [-0.3, -0.25) is 0 Å². The van der Waals surface area contributed by atoms with Gasteiger partial charge in [0.05, 0.1) is 0 Å². The Labute approximate surface area is 190 Å². The molecule has 0 aliphatic heterocycles. The Morgan fingerprint density at radius 3 is 1.45 bits per heavy atom. The zero-order valence-electron chi connectivity index (χ0n) is 20.4. The fraction of sp³-hybridized carbons (Fsp3) is 0.586. The highest BCUT2D eigenvalue weighted by Gasteiger charge is 2.23. The first-order chi connectivity index (χ1) is 15.1. The van der Waals surface area contributed by atoms with Gasteiger partial charge in [-0.2, -0.15) is 0 Å². The van der Waals surface area contributed by atoms with E-state index in [0.717, 1.165) is 62.5 Å². The summed E-state index contributed by atoms with van der Waals surface area (Å²) in [5.41, 5.74) is 7.47. The van der Waals surface area contributed by atoms with Crippen LogP contribution in [0.15, 0.2) is 24.3 Å². The van der Waals surface area contributed by atoms with E-state index in [1.165, 1.54) is 47.9 Å². The van der Waals surface area contributed by atoms with Gasteiger partial charge in [-0.15, -0.1) is 0 Å². The first kappa shape index (κ1) is 25.3. The van der Waals surface area contributed by atoms with Crippen molar-refractivity contribution < 1.29 is 10.2 Å². The molecule has 0 bridgehead atoms. The fourth-order valence-electron chi connectivity index (χ4n) is 4.64. The molecule has 2 rings (SSSR count). The van der Waals surface area contributed by atoms with Gasteiger partial charge in [0.2, 0.25) is 0 Å². The summed E-state index contributed by atoms with van der Waals surface area (Å²) in [7, 11) is 0. The van der Waals surface area contributed by atoms with Crippen LogP contribution in [0, 0.1) is 0 Å². The molecular weight excluding hydrogens is 380 g/mol. The summed E-state index contributed by atoms with van der Waals surface area (Å²) in [6.07, 6.45) is 13.9. The van der Waals surface area contributed by atoms with E-state index in [2.05, 4.69) is 27.7 Å². The van der Waals surface area contributed by atoms with Crippen LogP contribution in [0.25, 0.3) is 0 Å².